The van der Waals surface area contributed by atoms with E-state index in [9.17, 15) is 4.79 Å². The normalized spacial score (nSPS) is 19.9. The van der Waals surface area contributed by atoms with Gasteiger partial charge in [0.25, 0.3) is 0 Å². The molecule has 92 valence electrons. The van der Waals surface area contributed by atoms with Gasteiger partial charge in [-0.25, -0.2) is 9.78 Å². The fourth-order valence-corrected chi connectivity index (χ4v) is 2.13. The lowest BCUT2D eigenvalue weighted by atomic mass is 10.2. The number of likely N-dealkylation sites (N-methyl/N-ethyl adjacent to an activating group) is 1. The highest BCUT2D eigenvalue weighted by Crippen LogP contribution is 2.22. The Balaban J connectivity index is 2.13. The third-order valence-electron chi connectivity index (χ3n) is 3.22. The average Bonchev–Trinajstić information content (AvgIpc) is 2.78. The first-order valence-electron chi connectivity index (χ1n) is 5.68. The van der Waals surface area contributed by atoms with Crippen molar-refractivity contribution in [2.24, 2.45) is 0 Å². The minimum Gasteiger partial charge on any atom is -0.477 e. The average molecular weight is 235 g/mol. The lowest BCUT2D eigenvalue weighted by Gasteiger charge is -2.21. The topological polar surface area (TPSA) is 56.7 Å². The summed E-state index contributed by atoms with van der Waals surface area (Å²) in [4.78, 5) is 19.1. The number of hydrogen-bond acceptors (Lipinski definition) is 4. The summed E-state index contributed by atoms with van der Waals surface area (Å²) in [6, 6.07) is 4.04. The number of hydrogen-bond donors (Lipinski definition) is 1. The maximum atomic E-state index is 10.9. The Morgan fingerprint density at radius 3 is 2.94 bits per heavy atom. The van der Waals surface area contributed by atoms with Crippen molar-refractivity contribution in [3.63, 3.8) is 0 Å². The molecule has 1 aromatic heterocycles. The smallest absolute Gasteiger partial charge is 0.354 e. The van der Waals surface area contributed by atoms with E-state index in [1.165, 1.54) is 0 Å². The largest absolute Gasteiger partial charge is 0.477 e. The van der Waals surface area contributed by atoms with E-state index >= 15 is 0 Å². The van der Waals surface area contributed by atoms with Gasteiger partial charge in [0.05, 0.1) is 0 Å². The van der Waals surface area contributed by atoms with E-state index in [2.05, 4.69) is 28.9 Å². The molecule has 1 N–H and O–H groups in total. The summed E-state index contributed by atoms with van der Waals surface area (Å²) in [7, 11) is 4.15. The Morgan fingerprint density at radius 2 is 2.35 bits per heavy atom. The zero-order chi connectivity index (χ0) is 12.4. The van der Waals surface area contributed by atoms with E-state index in [4.69, 9.17) is 5.11 Å². The zero-order valence-corrected chi connectivity index (χ0v) is 10.1. The first-order chi connectivity index (χ1) is 8.08. The van der Waals surface area contributed by atoms with Gasteiger partial charge in [-0.3, -0.25) is 0 Å². The molecule has 1 unspecified atom stereocenters. The number of nitrogens with zero attached hydrogens (tertiary/aromatic N) is 3. The quantitative estimate of drug-likeness (QED) is 0.844. The van der Waals surface area contributed by atoms with E-state index in [0.717, 1.165) is 25.2 Å². The van der Waals surface area contributed by atoms with Crippen LogP contribution in [-0.4, -0.2) is 54.2 Å². The number of aromatic nitrogens is 1. The van der Waals surface area contributed by atoms with Gasteiger partial charge in [0.2, 0.25) is 0 Å². The molecule has 17 heavy (non-hydrogen) atoms. The Hall–Kier alpha value is -1.62. The molecule has 1 atom stereocenters. The predicted molar refractivity (Wildman–Crippen MR) is 65.5 cm³/mol. The van der Waals surface area contributed by atoms with Crippen molar-refractivity contribution in [3.8, 4) is 0 Å². The lowest BCUT2D eigenvalue weighted by Crippen LogP contribution is -2.31. The maximum absolute atomic E-state index is 10.9. The van der Waals surface area contributed by atoms with Crippen molar-refractivity contribution >= 4 is 11.7 Å². The van der Waals surface area contributed by atoms with E-state index in [1.54, 1.807) is 12.3 Å². The van der Waals surface area contributed by atoms with Crippen LogP contribution in [0.15, 0.2) is 18.3 Å². The summed E-state index contributed by atoms with van der Waals surface area (Å²) >= 11 is 0. The van der Waals surface area contributed by atoms with Crippen LogP contribution in [0, 0.1) is 0 Å². The predicted octanol–water partition coefficient (Wildman–Crippen LogP) is 0.920. The van der Waals surface area contributed by atoms with Crippen LogP contribution in [-0.2, 0) is 0 Å². The molecule has 1 saturated heterocycles. The highest BCUT2D eigenvalue weighted by Gasteiger charge is 2.24. The summed E-state index contributed by atoms with van der Waals surface area (Å²) in [6.45, 7) is 1.90. The van der Waals surface area contributed by atoms with Crippen LogP contribution in [0.1, 0.15) is 16.9 Å². The molecule has 0 radical (unpaired) electrons. The molecule has 2 rings (SSSR count). The molecular formula is C12H17N3O2. The van der Waals surface area contributed by atoms with Crippen LogP contribution in [0.2, 0.25) is 0 Å². The highest BCUT2D eigenvalue weighted by molar-refractivity contribution is 5.86. The van der Waals surface area contributed by atoms with E-state index in [0.29, 0.717) is 6.04 Å². The fourth-order valence-electron chi connectivity index (χ4n) is 2.13. The first kappa shape index (κ1) is 11.9. The summed E-state index contributed by atoms with van der Waals surface area (Å²) in [5.41, 5.74) is 1.05. The minimum absolute atomic E-state index is 0.107. The van der Waals surface area contributed by atoms with Gasteiger partial charge < -0.3 is 14.9 Å². The van der Waals surface area contributed by atoms with E-state index in [1.807, 2.05) is 6.07 Å². The van der Waals surface area contributed by atoms with Crippen LogP contribution in [0.25, 0.3) is 0 Å². The number of pyridine rings is 1. The fraction of sp³-hybridized carbons (Fsp3) is 0.500. The molecule has 1 fully saturated rings. The molecule has 1 aliphatic heterocycles. The molecule has 5 nitrogen and oxygen atoms in total. The van der Waals surface area contributed by atoms with Gasteiger partial charge in [-0.1, -0.05) is 0 Å². The van der Waals surface area contributed by atoms with Crippen molar-refractivity contribution in [2.45, 2.75) is 12.5 Å². The lowest BCUT2D eigenvalue weighted by molar-refractivity contribution is 0.0690. The molecule has 0 aliphatic carbocycles. The van der Waals surface area contributed by atoms with Gasteiger partial charge >= 0.3 is 5.97 Å². The molecule has 0 spiro atoms. The van der Waals surface area contributed by atoms with Crippen molar-refractivity contribution in [2.75, 3.05) is 32.1 Å². The number of aromatic carboxylic acids is 1. The van der Waals surface area contributed by atoms with Crippen LogP contribution in [0.3, 0.4) is 0 Å². The third kappa shape index (κ3) is 2.55. The molecule has 0 aromatic carbocycles. The molecule has 0 amide bonds. The number of carboxylic acid groups (broad SMARTS) is 1. The Kier molecular flexibility index (Phi) is 3.28. The van der Waals surface area contributed by atoms with Gasteiger partial charge in [-0.05, 0) is 32.6 Å². The van der Waals surface area contributed by atoms with Crippen molar-refractivity contribution < 1.29 is 9.90 Å². The SMILES string of the molecule is CN(C)C1CCN(c2ccnc(C(=O)O)c2)C1. The summed E-state index contributed by atoms with van der Waals surface area (Å²) in [5.74, 6) is -0.977. The number of carboxylic acids is 1. The first-order valence-corrected chi connectivity index (χ1v) is 5.68. The monoisotopic (exact) mass is 235 g/mol. The maximum Gasteiger partial charge on any atom is 0.354 e. The highest BCUT2D eigenvalue weighted by atomic mass is 16.4. The van der Waals surface area contributed by atoms with Crippen LogP contribution in [0.5, 0.6) is 0 Å². The van der Waals surface area contributed by atoms with Crippen molar-refractivity contribution in [3.05, 3.63) is 24.0 Å². The summed E-state index contributed by atoms with van der Waals surface area (Å²) in [5, 5.41) is 8.90. The van der Waals surface area contributed by atoms with Gasteiger partial charge in [0.15, 0.2) is 0 Å². The van der Waals surface area contributed by atoms with Gasteiger partial charge in [0, 0.05) is 31.0 Å². The second kappa shape index (κ2) is 4.71. The molecule has 1 aromatic rings. The van der Waals surface area contributed by atoms with Gasteiger partial charge in [-0.15, -0.1) is 0 Å². The van der Waals surface area contributed by atoms with Crippen LogP contribution >= 0.6 is 0 Å². The summed E-state index contributed by atoms with van der Waals surface area (Å²) in [6.07, 6.45) is 2.67. The van der Waals surface area contributed by atoms with Crippen LogP contribution < -0.4 is 4.90 Å². The standard InChI is InChI=1S/C12H17N3O2/c1-14(2)10-4-6-15(8-10)9-3-5-13-11(7-9)12(16)17/h3,5,7,10H,4,6,8H2,1-2H3,(H,16,17). The Morgan fingerprint density at radius 1 is 1.59 bits per heavy atom. The second-order valence-electron chi connectivity index (χ2n) is 4.56. The van der Waals surface area contributed by atoms with Crippen molar-refractivity contribution in [1.29, 1.82) is 0 Å². The number of rotatable bonds is 3. The molecule has 5 heteroatoms. The van der Waals surface area contributed by atoms with Crippen LogP contribution in [0.4, 0.5) is 5.69 Å². The summed E-state index contributed by atoms with van der Waals surface area (Å²) < 4.78 is 0. The minimum atomic E-state index is -0.977. The Labute approximate surface area is 101 Å². The van der Waals surface area contributed by atoms with E-state index in [-0.39, 0.29) is 5.69 Å². The molecular weight excluding hydrogens is 218 g/mol. The molecule has 2 heterocycles. The Bertz CT molecular complexity index is 420. The van der Waals surface area contributed by atoms with Gasteiger partial charge in [0.1, 0.15) is 5.69 Å². The molecule has 0 bridgehead atoms. The number of carbonyl (C=O) groups is 1. The van der Waals surface area contributed by atoms with Gasteiger partial charge in [-0.2, -0.15) is 0 Å². The molecule has 1 aliphatic rings. The molecule has 0 saturated carbocycles. The van der Waals surface area contributed by atoms with Crippen molar-refractivity contribution in [1.82, 2.24) is 9.88 Å². The zero-order valence-electron chi connectivity index (χ0n) is 10.1. The third-order valence-corrected chi connectivity index (χ3v) is 3.22. The second-order valence-corrected chi connectivity index (χ2v) is 4.56. The van der Waals surface area contributed by atoms with E-state index < -0.39 is 5.97 Å². The number of anilines is 1.